The Bertz CT molecular complexity index is 621. The van der Waals surface area contributed by atoms with E-state index in [1.165, 1.54) is 12.1 Å². The van der Waals surface area contributed by atoms with Gasteiger partial charge in [0, 0.05) is 43.1 Å². The predicted molar refractivity (Wildman–Crippen MR) is 85.2 cm³/mol. The zero-order valence-corrected chi connectivity index (χ0v) is 13.2. The van der Waals surface area contributed by atoms with Crippen LogP contribution in [0.1, 0.15) is 31.4 Å². The molecule has 6 heteroatoms. The first kappa shape index (κ1) is 16.1. The Hall–Kier alpha value is -1.76. The maximum atomic E-state index is 13.0. The molecule has 0 aliphatic carbocycles. The van der Waals surface area contributed by atoms with Gasteiger partial charge in [-0.1, -0.05) is 0 Å². The van der Waals surface area contributed by atoms with Gasteiger partial charge >= 0.3 is 0 Å². The van der Waals surface area contributed by atoms with Gasteiger partial charge in [0.15, 0.2) is 0 Å². The van der Waals surface area contributed by atoms with Gasteiger partial charge in [-0.2, -0.15) is 0 Å². The summed E-state index contributed by atoms with van der Waals surface area (Å²) in [5.41, 5.74) is 1.97. The Morgan fingerprint density at radius 3 is 2.70 bits per heavy atom. The SMILES string of the molecule is CCOC(O)N1CCC(c2cnc(-c3ccc(F)cc3)[nH]2)CC1. The number of hydrogen-bond donors (Lipinski definition) is 2. The largest absolute Gasteiger partial charge is 0.356 e. The summed E-state index contributed by atoms with van der Waals surface area (Å²) >= 11 is 0. The van der Waals surface area contributed by atoms with E-state index in [0.717, 1.165) is 43.0 Å². The van der Waals surface area contributed by atoms with Crippen molar-refractivity contribution >= 4 is 0 Å². The predicted octanol–water partition coefficient (Wildman–Crippen LogP) is 2.71. The third kappa shape index (κ3) is 3.77. The molecule has 1 saturated heterocycles. The van der Waals surface area contributed by atoms with Crippen molar-refractivity contribution in [2.24, 2.45) is 0 Å². The molecule has 2 heterocycles. The number of likely N-dealkylation sites (tertiary alicyclic amines) is 1. The molecular weight excluding hydrogens is 297 g/mol. The van der Waals surface area contributed by atoms with Crippen LogP contribution in [0.15, 0.2) is 30.5 Å². The normalized spacial score (nSPS) is 18.2. The number of halogens is 1. The summed E-state index contributed by atoms with van der Waals surface area (Å²) < 4.78 is 18.2. The van der Waals surface area contributed by atoms with Crippen LogP contribution < -0.4 is 0 Å². The number of aromatic nitrogens is 2. The number of hydrogen-bond acceptors (Lipinski definition) is 4. The molecule has 1 aliphatic rings. The number of imidazole rings is 1. The van der Waals surface area contributed by atoms with Crippen molar-refractivity contribution in [3.8, 4) is 11.4 Å². The lowest BCUT2D eigenvalue weighted by Crippen LogP contribution is -2.42. The molecular formula is C17H22FN3O2. The lowest BCUT2D eigenvalue weighted by atomic mass is 9.94. The fourth-order valence-electron chi connectivity index (χ4n) is 2.98. The van der Waals surface area contributed by atoms with Crippen molar-refractivity contribution in [3.05, 3.63) is 42.0 Å². The van der Waals surface area contributed by atoms with E-state index < -0.39 is 6.41 Å². The third-order valence-corrected chi connectivity index (χ3v) is 4.31. The van der Waals surface area contributed by atoms with E-state index in [9.17, 15) is 9.50 Å². The molecule has 1 aromatic carbocycles. The molecule has 0 spiro atoms. The molecule has 1 unspecified atom stereocenters. The van der Waals surface area contributed by atoms with Crippen molar-refractivity contribution in [3.63, 3.8) is 0 Å². The fraction of sp³-hybridized carbons (Fsp3) is 0.471. The van der Waals surface area contributed by atoms with Crippen molar-refractivity contribution < 1.29 is 14.2 Å². The Morgan fingerprint density at radius 2 is 2.04 bits per heavy atom. The molecule has 124 valence electrons. The minimum Gasteiger partial charge on any atom is -0.356 e. The van der Waals surface area contributed by atoms with Gasteiger partial charge < -0.3 is 14.8 Å². The van der Waals surface area contributed by atoms with Gasteiger partial charge in [-0.05, 0) is 44.0 Å². The Labute approximate surface area is 135 Å². The molecule has 1 aromatic heterocycles. The summed E-state index contributed by atoms with van der Waals surface area (Å²) in [4.78, 5) is 9.69. The molecule has 0 amide bonds. The van der Waals surface area contributed by atoms with Crippen LogP contribution in [0.2, 0.25) is 0 Å². The second-order valence-corrected chi connectivity index (χ2v) is 5.79. The molecule has 0 radical (unpaired) electrons. The van der Waals surface area contributed by atoms with Crippen LogP contribution in [0.25, 0.3) is 11.4 Å². The first-order valence-corrected chi connectivity index (χ1v) is 8.02. The zero-order valence-electron chi connectivity index (χ0n) is 13.2. The zero-order chi connectivity index (χ0) is 16.2. The van der Waals surface area contributed by atoms with Crippen LogP contribution in [0.3, 0.4) is 0 Å². The van der Waals surface area contributed by atoms with Gasteiger partial charge in [-0.15, -0.1) is 0 Å². The topological polar surface area (TPSA) is 61.4 Å². The smallest absolute Gasteiger partial charge is 0.216 e. The van der Waals surface area contributed by atoms with Gasteiger partial charge in [-0.3, -0.25) is 4.90 Å². The van der Waals surface area contributed by atoms with E-state index in [4.69, 9.17) is 4.74 Å². The monoisotopic (exact) mass is 319 g/mol. The average molecular weight is 319 g/mol. The van der Waals surface area contributed by atoms with Crippen LogP contribution in [0, 0.1) is 5.82 Å². The molecule has 0 bridgehead atoms. The van der Waals surface area contributed by atoms with E-state index in [1.54, 1.807) is 12.1 Å². The highest BCUT2D eigenvalue weighted by Crippen LogP contribution is 2.29. The Morgan fingerprint density at radius 1 is 1.35 bits per heavy atom. The number of ether oxygens (including phenoxy) is 1. The Kier molecular flexibility index (Phi) is 5.05. The van der Waals surface area contributed by atoms with E-state index in [2.05, 4.69) is 9.97 Å². The maximum Gasteiger partial charge on any atom is 0.216 e. The average Bonchev–Trinajstić information content (AvgIpc) is 3.06. The van der Waals surface area contributed by atoms with Crippen molar-refractivity contribution in [2.75, 3.05) is 19.7 Å². The van der Waals surface area contributed by atoms with Crippen molar-refractivity contribution in [1.82, 2.24) is 14.9 Å². The summed E-state index contributed by atoms with van der Waals surface area (Å²) in [5.74, 6) is 0.902. The maximum absolute atomic E-state index is 13.0. The molecule has 1 aliphatic heterocycles. The molecule has 1 atom stereocenters. The number of piperidine rings is 1. The van der Waals surface area contributed by atoms with Gasteiger partial charge in [0.2, 0.25) is 6.41 Å². The number of H-pyrrole nitrogens is 1. The second kappa shape index (κ2) is 7.21. The van der Waals surface area contributed by atoms with Crippen molar-refractivity contribution in [2.45, 2.75) is 32.1 Å². The number of nitrogens with zero attached hydrogens (tertiary/aromatic N) is 2. The highest BCUT2D eigenvalue weighted by atomic mass is 19.1. The van der Waals surface area contributed by atoms with E-state index >= 15 is 0 Å². The number of rotatable bonds is 5. The summed E-state index contributed by atoms with van der Waals surface area (Å²) in [6.07, 6.45) is 2.93. The molecule has 23 heavy (non-hydrogen) atoms. The van der Waals surface area contributed by atoms with Crippen LogP contribution in [-0.4, -0.2) is 46.1 Å². The number of aliphatic hydroxyl groups is 1. The second-order valence-electron chi connectivity index (χ2n) is 5.79. The number of benzene rings is 1. The van der Waals surface area contributed by atoms with Crippen molar-refractivity contribution in [1.29, 1.82) is 0 Å². The van der Waals surface area contributed by atoms with Crippen LogP contribution in [0.4, 0.5) is 4.39 Å². The molecule has 5 nitrogen and oxygen atoms in total. The molecule has 1 fully saturated rings. The lowest BCUT2D eigenvalue weighted by Gasteiger charge is -2.34. The minimum absolute atomic E-state index is 0.249. The molecule has 2 N–H and O–H groups in total. The van der Waals surface area contributed by atoms with Crippen LogP contribution >= 0.6 is 0 Å². The molecule has 3 rings (SSSR count). The lowest BCUT2D eigenvalue weighted by molar-refractivity contribution is -0.195. The Balaban J connectivity index is 1.62. The van der Waals surface area contributed by atoms with Gasteiger partial charge in [-0.25, -0.2) is 9.37 Å². The van der Waals surface area contributed by atoms with E-state index in [1.807, 2.05) is 18.0 Å². The number of aliphatic hydroxyl groups excluding tert-OH is 1. The van der Waals surface area contributed by atoms with E-state index in [-0.39, 0.29) is 5.82 Å². The first-order valence-electron chi connectivity index (χ1n) is 8.02. The first-order chi connectivity index (χ1) is 11.2. The highest BCUT2D eigenvalue weighted by molar-refractivity contribution is 5.55. The van der Waals surface area contributed by atoms with Crippen LogP contribution in [-0.2, 0) is 4.74 Å². The number of nitrogens with one attached hydrogen (secondary N) is 1. The van der Waals surface area contributed by atoms with Gasteiger partial charge in [0.1, 0.15) is 11.6 Å². The summed E-state index contributed by atoms with van der Waals surface area (Å²) in [6, 6.07) is 6.31. The standard InChI is InChI=1S/C17H22FN3O2/c1-2-23-17(22)21-9-7-12(8-10-21)15-11-19-16(20-15)13-3-5-14(18)6-4-13/h3-6,11-12,17,22H,2,7-10H2,1H3,(H,19,20). The summed E-state index contributed by atoms with van der Waals surface area (Å²) in [7, 11) is 0. The molecule has 0 saturated carbocycles. The van der Waals surface area contributed by atoms with E-state index in [0.29, 0.717) is 12.5 Å². The summed E-state index contributed by atoms with van der Waals surface area (Å²) in [5, 5.41) is 9.86. The summed E-state index contributed by atoms with van der Waals surface area (Å²) in [6.45, 7) is 3.95. The minimum atomic E-state index is -0.808. The quantitative estimate of drug-likeness (QED) is 0.832. The third-order valence-electron chi connectivity index (χ3n) is 4.31. The molecule has 2 aromatic rings. The van der Waals surface area contributed by atoms with Gasteiger partial charge in [0.25, 0.3) is 0 Å². The number of aromatic amines is 1. The highest BCUT2D eigenvalue weighted by Gasteiger charge is 2.26. The van der Waals surface area contributed by atoms with Crippen LogP contribution in [0.5, 0.6) is 0 Å². The van der Waals surface area contributed by atoms with Gasteiger partial charge in [0.05, 0.1) is 0 Å². The fourth-order valence-corrected chi connectivity index (χ4v) is 2.98.